The molecule has 2 atom stereocenters. The Morgan fingerprint density at radius 1 is 1.35 bits per heavy atom. The van der Waals surface area contributed by atoms with Crippen LogP contribution in [0.4, 0.5) is 5.69 Å². The number of hydrogen-bond acceptors (Lipinski definition) is 4. The van der Waals surface area contributed by atoms with Gasteiger partial charge >= 0.3 is 0 Å². The van der Waals surface area contributed by atoms with Gasteiger partial charge in [-0.25, -0.2) is 8.42 Å². The number of anilines is 1. The van der Waals surface area contributed by atoms with Gasteiger partial charge in [0.25, 0.3) is 0 Å². The van der Waals surface area contributed by atoms with Gasteiger partial charge in [-0.2, -0.15) is 0 Å². The van der Waals surface area contributed by atoms with Gasteiger partial charge in [-0.1, -0.05) is 19.1 Å². The zero-order chi connectivity index (χ0) is 14.8. The molecular weight excluding hydrogens is 272 g/mol. The third-order valence-electron chi connectivity index (χ3n) is 4.05. The summed E-state index contributed by atoms with van der Waals surface area (Å²) in [5.74, 6) is 0.510. The van der Waals surface area contributed by atoms with Crippen LogP contribution in [0.2, 0.25) is 0 Å². The summed E-state index contributed by atoms with van der Waals surface area (Å²) < 4.78 is 23.2. The Labute approximate surface area is 122 Å². The minimum absolute atomic E-state index is 0.0471. The molecule has 112 valence electrons. The maximum absolute atomic E-state index is 11.6. The van der Waals surface area contributed by atoms with Crippen molar-refractivity contribution < 1.29 is 8.42 Å². The number of benzene rings is 1. The van der Waals surface area contributed by atoms with Crippen LogP contribution < -0.4 is 10.2 Å². The highest BCUT2D eigenvalue weighted by atomic mass is 32.2. The van der Waals surface area contributed by atoms with Crippen molar-refractivity contribution in [3.63, 3.8) is 0 Å². The summed E-state index contributed by atoms with van der Waals surface area (Å²) in [4.78, 5) is 2.19. The first-order valence-corrected chi connectivity index (χ1v) is 9.03. The van der Waals surface area contributed by atoms with Gasteiger partial charge < -0.3 is 10.2 Å². The molecule has 1 fully saturated rings. The lowest BCUT2D eigenvalue weighted by atomic mass is 10.0. The van der Waals surface area contributed by atoms with Gasteiger partial charge in [-0.3, -0.25) is 0 Å². The monoisotopic (exact) mass is 296 g/mol. The zero-order valence-electron chi connectivity index (χ0n) is 12.5. The Balaban J connectivity index is 2.14. The minimum Gasteiger partial charge on any atom is -0.367 e. The molecule has 0 spiro atoms. The molecule has 5 heteroatoms. The summed E-state index contributed by atoms with van der Waals surface area (Å²) >= 11 is 0. The molecule has 0 radical (unpaired) electrons. The van der Waals surface area contributed by atoms with Crippen molar-refractivity contribution in [3.8, 4) is 0 Å². The Morgan fingerprint density at radius 3 is 2.50 bits per heavy atom. The van der Waals surface area contributed by atoms with E-state index >= 15 is 0 Å². The first-order chi connectivity index (χ1) is 9.46. The molecule has 0 saturated carbocycles. The van der Waals surface area contributed by atoms with Crippen molar-refractivity contribution in [2.75, 3.05) is 30.0 Å². The maximum atomic E-state index is 11.6. The van der Waals surface area contributed by atoms with Gasteiger partial charge in [0.1, 0.15) is 0 Å². The lowest BCUT2D eigenvalue weighted by Crippen LogP contribution is -2.47. The van der Waals surface area contributed by atoms with Gasteiger partial charge in [-0.15, -0.1) is 0 Å². The fourth-order valence-electron chi connectivity index (χ4n) is 2.89. The number of rotatable bonds is 4. The molecule has 20 heavy (non-hydrogen) atoms. The number of sulfone groups is 1. The molecule has 2 rings (SSSR count). The predicted molar refractivity (Wildman–Crippen MR) is 84.0 cm³/mol. The summed E-state index contributed by atoms with van der Waals surface area (Å²) in [5.41, 5.74) is 2.39. The molecule has 0 amide bonds. The molecule has 0 bridgehead atoms. The lowest BCUT2D eigenvalue weighted by molar-refractivity contribution is 0.567. The summed E-state index contributed by atoms with van der Waals surface area (Å²) in [5, 5.41) is 3.29. The normalized spacial score (nSPS) is 23.6. The molecule has 2 unspecified atom stereocenters. The van der Waals surface area contributed by atoms with Crippen LogP contribution in [0.15, 0.2) is 24.3 Å². The first kappa shape index (κ1) is 15.3. The van der Waals surface area contributed by atoms with Gasteiger partial charge in [0, 0.05) is 24.3 Å². The van der Waals surface area contributed by atoms with E-state index in [0.29, 0.717) is 12.6 Å². The molecule has 1 aliphatic heterocycles. The summed E-state index contributed by atoms with van der Waals surface area (Å²) in [6, 6.07) is 8.90. The van der Waals surface area contributed by atoms with Crippen molar-refractivity contribution in [1.82, 2.24) is 5.32 Å². The SMILES string of the molecule is CCC(NC)c1ccc(N2CCS(=O)(=O)CC2C)cc1. The van der Waals surface area contributed by atoms with E-state index in [1.54, 1.807) is 0 Å². The molecule has 1 saturated heterocycles. The summed E-state index contributed by atoms with van der Waals surface area (Å²) in [6.45, 7) is 4.73. The number of hydrogen-bond donors (Lipinski definition) is 1. The summed E-state index contributed by atoms with van der Waals surface area (Å²) in [7, 11) is -0.882. The van der Waals surface area contributed by atoms with Crippen molar-refractivity contribution in [2.24, 2.45) is 0 Å². The van der Waals surface area contributed by atoms with Gasteiger partial charge in [0.2, 0.25) is 0 Å². The standard InChI is InChI=1S/C15H24N2O2S/c1-4-15(16-3)13-5-7-14(8-6-13)17-9-10-20(18,19)11-12(17)2/h5-8,12,15-16H,4,9-11H2,1-3H3. The second kappa shape index (κ2) is 6.14. The topological polar surface area (TPSA) is 49.4 Å². The Morgan fingerprint density at radius 2 is 2.00 bits per heavy atom. The second-order valence-corrected chi connectivity index (χ2v) is 7.73. The molecule has 4 nitrogen and oxygen atoms in total. The van der Waals surface area contributed by atoms with Gasteiger partial charge in [0.05, 0.1) is 11.5 Å². The van der Waals surface area contributed by atoms with E-state index in [1.807, 2.05) is 14.0 Å². The largest absolute Gasteiger partial charge is 0.367 e. The molecular formula is C15H24N2O2S. The van der Waals surface area contributed by atoms with Crippen LogP contribution in [0.25, 0.3) is 0 Å². The highest BCUT2D eigenvalue weighted by Gasteiger charge is 2.28. The van der Waals surface area contributed by atoms with E-state index in [-0.39, 0.29) is 17.5 Å². The number of nitrogens with zero attached hydrogens (tertiary/aromatic N) is 1. The Hall–Kier alpha value is -1.07. The van der Waals surface area contributed by atoms with E-state index in [9.17, 15) is 8.42 Å². The van der Waals surface area contributed by atoms with Crippen molar-refractivity contribution in [3.05, 3.63) is 29.8 Å². The molecule has 1 aromatic carbocycles. The van der Waals surface area contributed by atoms with Crippen LogP contribution in [0.3, 0.4) is 0 Å². The third-order valence-corrected chi connectivity index (χ3v) is 5.85. The highest BCUT2D eigenvalue weighted by Crippen LogP contribution is 2.24. The fraction of sp³-hybridized carbons (Fsp3) is 0.600. The Kier molecular flexibility index (Phi) is 4.70. The van der Waals surface area contributed by atoms with Gasteiger partial charge in [0.15, 0.2) is 9.84 Å². The average Bonchev–Trinajstić information content (AvgIpc) is 2.40. The van der Waals surface area contributed by atoms with Crippen LogP contribution in [-0.4, -0.2) is 39.6 Å². The second-order valence-electron chi connectivity index (χ2n) is 5.50. The van der Waals surface area contributed by atoms with Crippen LogP contribution >= 0.6 is 0 Å². The van der Waals surface area contributed by atoms with Crippen LogP contribution in [0, 0.1) is 0 Å². The molecule has 1 heterocycles. The highest BCUT2D eigenvalue weighted by molar-refractivity contribution is 7.91. The minimum atomic E-state index is -2.85. The molecule has 1 aromatic rings. The van der Waals surface area contributed by atoms with Crippen molar-refractivity contribution >= 4 is 15.5 Å². The fourth-order valence-corrected chi connectivity index (χ4v) is 4.44. The maximum Gasteiger partial charge on any atom is 0.154 e. The third kappa shape index (κ3) is 3.33. The van der Waals surface area contributed by atoms with Gasteiger partial charge in [-0.05, 0) is 38.1 Å². The van der Waals surface area contributed by atoms with Crippen LogP contribution in [0.5, 0.6) is 0 Å². The predicted octanol–water partition coefficient (Wildman–Crippen LogP) is 1.98. The van der Waals surface area contributed by atoms with E-state index in [1.165, 1.54) is 5.56 Å². The average molecular weight is 296 g/mol. The Bertz CT molecular complexity index is 535. The summed E-state index contributed by atoms with van der Waals surface area (Å²) in [6.07, 6.45) is 1.05. The molecule has 1 N–H and O–H groups in total. The van der Waals surface area contributed by atoms with Crippen molar-refractivity contribution in [1.29, 1.82) is 0 Å². The van der Waals surface area contributed by atoms with E-state index in [0.717, 1.165) is 12.1 Å². The number of nitrogens with one attached hydrogen (secondary N) is 1. The zero-order valence-corrected chi connectivity index (χ0v) is 13.3. The lowest BCUT2D eigenvalue weighted by Gasteiger charge is -2.35. The molecule has 0 aromatic heterocycles. The van der Waals surface area contributed by atoms with E-state index < -0.39 is 9.84 Å². The quantitative estimate of drug-likeness (QED) is 0.923. The molecule has 1 aliphatic rings. The van der Waals surface area contributed by atoms with Crippen LogP contribution in [0.1, 0.15) is 31.9 Å². The van der Waals surface area contributed by atoms with E-state index in [4.69, 9.17) is 0 Å². The smallest absolute Gasteiger partial charge is 0.154 e. The van der Waals surface area contributed by atoms with Crippen LogP contribution in [-0.2, 0) is 9.84 Å². The van der Waals surface area contributed by atoms with E-state index in [2.05, 4.69) is 41.4 Å². The molecule has 0 aliphatic carbocycles. The first-order valence-electron chi connectivity index (χ1n) is 7.21. The van der Waals surface area contributed by atoms with Crippen molar-refractivity contribution in [2.45, 2.75) is 32.4 Å².